The Labute approximate surface area is 86.5 Å². The first-order valence-corrected chi connectivity index (χ1v) is 5.06. The molecular formula is C10H12BrNO. The molecule has 0 saturated carbocycles. The maximum absolute atomic E-state index is 11.1. The monoisotopic (exact) mass is 241 g/mol. The molecule has 70 valence electrons. The highest BCUT2D eigenvalue weighted by atomic mass is 79.9. The summed E-state index contributed by atoms with van der Waals surface area (Å²) >= 11 is 3.37. The van der Waals surface area contributed by atoms with Crippen molar-refractivity contribution in [3.05, 3.63) is 28.0 Å². The van der Waals surface area contributed by atoms with Gasteiger partial charge >= 0.3 is 0 Å². The predicted octanol–water partition coefficient (Wildman–Crippen LogP) is 2.67. The van der Waals surface area contributed by atoms with Crippen molar-refractivity contribution in [1.29, 1.82) is 0 Å². The van der Waals surface area contributed by atoms with Crippen LogP contribution in [0, 0.1) is 6.92 Å². The molecule has 0 saturated heterocycles. The van der Waals surface area contributed by atoms with E-state index in [0.29, 0.717) is 12.8 Å². The molecule has 0 unspecified atom stereocenters. The van der Waals surface area contributed by atoms with Gasteiger partial charge in [0.25, 0.3) is 0 Å². The average Bonchev–Trinajstić information content (AvgIpc) is 2.02. The molecular weight excluding hydrogens is 230 g/mol. The lowest BCUT2D eigenvalue weighted by Gasteiger charge is -2.01. The molecule has 13 heavy (non-hydrogen) atoms. The van der Waals surface area contributed by atoms with Crippen molar-refractivity contribution in [3.8, 4) is 0 Å². The molecule has 0 N–H and O–H groups in total. The Morgan fingerprint density at radius 1 is 1.54 bits per heavy atom. The third-order valence-corrected chi connectivity index (χ3v) is 2.20. The van der Waals surface area contributed by atoms with Crippen LogP contribution in [0.5, 0.6) is 0 Å². The molecule has 1 aromatic heterocycles. The molecule has 0 aliphatic carbocycles. The summed E-state index contributed by atoms with van der Waals surface area (Å²) in [6.45, 7) is 3.79. The van der Waals surface area contributed by atoms with E-state index in [-0.39, 0.29) is 5.78 Å². The van der Waals surface area contributed by atoms with Gasteiger partial charge in [-0.15, -0.1) is 0 Å². The molecule has 1 aromatic rings. The van der Waals surface area contributed by atoms with Crippen LogP contribution in [0.2, 0.25) is 0 Å². The molecule has 1 rings (SSSR count). The van der Waals surface area contributed by atoms with Crippen molar-refractivity contribution >= 4 is 21.7 Å². The topological polar surface area (TPSA) is 30.0 Å². The molecule has 0 aromatic carbocycles. The van der Waals surface area contributed by atoms with Crippen LogP contribution in [0.3, 0.4) is 0 Å². The summed E-state index contributed by atoms with van der Waals surface area (Å²) in [5.41, 5.74) is 1.78. The first-order chi connectivity index (χ1) is 6.11. The van der Waals surface area contributed by atoms with E-state index in [9.17, 15) is 4.79 Å². The van der Waals surface area contributed by atoms with Gasteiger partial charge in [0.1, 0.15) is 5.78 Å². The Morgan fingerprint density at radius 3 is 2.77 bits per heavy atom. The van der Waals surface area contributed by atoms with Gasteiger partial charge in [-0.25, -0.2) is 0 Å². The van der Waals surface area contributed by atoms with Crippen molar-refractivity contribution in [1.82, 2.24) is 4.98 Å². The van der Waals surface area contributed by atoms with Crippen LogP contribution in [0.25, 0.3) is 0 Å². The summed E-state index contributed by atoms with van der Waals surface area (Å²) in [5.74, 6) is 0.227. The lowest BCUT2D eigenvalue weighted by atomic mass is 10.1. The number of aryl methyl sites for hydroxylation is 1. The van der Waals surface area contributed by atoms with Crippen molar-refractivity contribution in [3.63, 3.8) is 0 Å². The van der Waals surface area contributed by atoms with Crippen LogP contribution >= 0.6 is 15.9 Å². The van der Waals surface area contributed by atoms with Crippen LogP contribution in [0.15, 0.2) is 16.6 Å². The van der Waals surface area contributed by atoms with Crippen LogP contribution in [-0.2, 0) is 11.2 Å². The van der Waals surface area contributed by atoms with Crippen LogP contribution in [-0.4, -0.2) is 10.8 Å². The van der Waals surface area contributed by atoms with Gasteiger partial charge in [0, 0.05) is 28.7 Å². The Bertz CT molecular complexity index is 302. The fourth-order valence-electron chi connectivity index (χ4n) is 1.11. The Balaban J connectivity index is 2.83. The van der Waals surface area contributed by atoms with Crippen molar-refractivity contribution in [2.45, 2.75) is 26.7 Å². The first-order valence-electron chi connectivity index (χ1n) is 4.26. The van der Waals surface area contributed by atoms with Crippen LogP contribution < -0.4 is 0 Å². The molecule has 0 amide bonds. The Kier molecular flexibility index (Phi) is 3.60. The molecule has 0 bridgehead atoms. The SMILES string of the molecule is CCC(=O)Cc1cc(Br)cc(C)n1. The number of carbonyl (C=O) groups is 1. The number of rotatable bonds is 3. The second kappa shape index (κ2) is 4.51. The number of hydrogen-bond acceptors (Lipinski definition) is 2. The quantitative estimate of drug-likeness (QED) is 0.815. The number of halogens is 1. The van der Waals surface area contributed by atoms with E-state index in [4.69, 9.17) is 0 Å². The number of pyridine rings is 1. The van der Waals surface area contributed by atoms with Gasteiger partial charge in [0.2, 0.25) is 0 Å². The lowest BCUT2D eigenvalue weighted by Crippen LogP contribution is -2.03. The summed E-state index contributed by atoms with van der Waals surface area (Å²) in [4.78, 5) is 15.4. The van der Waals surface area contributed by atoms with Crippen molar-refractivity contribution in [2.75, 3.05) is 0 Å². The molecule has 0 spiro atoms. The van der Waals surface area contributed by atoms with Gasteiger partial charge in [-0.05, 0) is 19.1 Å². The van der Waals surface area contributed by atoms with Gasteiger partial charge in [-0.2, -0.15) is 0 Å². The number of hydrogen-bond donors (Lipinski definition) is 0. The van der Waals surface area contributed by atoms with E-state index in [0.717, 1.165) is 15.9 Å². The summed E-state index contributed by atoms with van der Waals surface area (Å²) < 4.78 is 0.985. The van der Waals surface area contributed by atoms with Crippen LogP contribution in [0.1, 0.15) is 24.7 Å². The average molecular weight is 242 g/mol. The third-order valence-electron chi connectivity index (χ3n) is 1.74. The lowest BCUT2D eigenvalue weighted by molar-refractivity contribution is -0.118. The zero-order valence-electron chi connectivity index (χ0n) is 7.80. The van der Waals surface area contributed by atoms with Crippen molar-refractivity contribution in [2.24, 2.45) is 0 Å². The third kappa shape index (κ3) is 3.27. The number of aromatic nitrogens is 1. The first kappa shape index (κ1) is 10.4. The van der Waals surface area contributed by atoms with E-state index < -0.39 is 0 Å². The normalized spacial score (nSPS) is 10.1. The Hall–Kier alpha value is -0.700. The minimum atomic E-state index is 0.227. The molecule has 0 aliphatic rings. The molecule has 0 radical (unpaired) electrons. The highest BCUT2D eigenvalue weighted by Crippen LogP contribution is 2.13. The zero-order valence-corrected chi connectivity index (χ0v) is 9.39. The highest BCUT2D eigenvalue weighted by Gasteiger charge is 2.03. The van der Waals surface area contributed by atoms with Gasteiger partial charge < -0.3 is 0 Å². The molecule has 3 heteroatoms. The largest absolute Gasteiger partial charge is 0.299 e. The fraction of sp³-hybridized carbons (Fsp3) is 0.400. The van der Waals surface area contributed by atoms with E-state index >= 15 is 0 Å². The maximum atomic E-state index is 11.1. The second-order valence-corrected chi connectivity index (χ2v) is 3.90. The van der Waals surface area contributed by atoms with Crippen LogP contribution in [0.4, 0.5) is 0 Å². The summed E-state index contributed by atoms with van der Waals surface area (Å²) in [7, 11) is 0. The second-order valence-electron chi connectivity index (χ2n) is 2.99. The predicted molar refractivity (Wildman–Crippen MR) is 55.7 cm³/mol. The number of nitrogens with zero attached hydrogens (tertiary/aromatic N) is 1. The summed E-state index contributed by atoms with van der Waals surface area (Å²) in [6.07, 6.45) is 1.02. The van der Waals surface area contributed by atoms with Gasteiger partial charge in [-0.3, -0.25) is 9.78 Å². The van der Waals surface area contributed by atoms with E-state index in [1.165, 1.54) is 0 Å². The summed E-state index contributed by atoms with van der Waals surface area (Å²) in [5, 5.41) is 0. The molecule has 0 fully saturated rings. The standard InChI is InChI=1S/C10H12BrNO/c1-3-10(13)6-9-5-8(11)4-7(2)12-9/h4-5H,3,6H2,1-2H3. The zero-order chi connectivity index (χ0) is 9.84. The summed E-state index contributed by atoms with van der Waals surface area (Å²) in [6, 6.07) is 3.82. The number of Topliss-reactive ketones (excluding diaryl/α,β-unsaturated/α-hetero) is 1. The highest BCUT2D eigenvalue weighted by molar-refractivity contribution is 9.10. The van der Waals surface area contributed by atoms with Gasteiger partial charge in [0.05, 0.1) is 0 Å². The maximum Gasteiger partial charge on any atom is 0.138 e. The fourth-order valence-corrected chi connectivity index (χ4v) is 1.70. The number of ketones is 1. The van der Waals surface area contributed by atoms with E-state index in [1.54, 1.807) is 0 Å². The molecule has 2 nitrogen and oxygen atoms in total. The van der Waals surface area contributed by atoms with E-state index in [2.05, 4.69) is 20.9 Å². The molecule has 0 aliphatic heterocycles. The van der Waals surface area contributed by atoms with E-state index in [1.807, 2.05) is 26.0 Å². The smallest absolute Gasteiger partial charge is 0.138 e. The minimum absolute atomic E-state index is 0.227. The van der Waals surface area contributed by atoms with Crippen molar-refractivity contribution < 1.29 is 4.79 Å². The molecule has 0 atom stereocenters. The van der Waals surface area contributed by atoms with Gasteiger partial charge in [-0.1, -0.05) is 22.9 Å². The molecule has 1 heterocycles. The van der Waals surface area contributed by atoms with Gasteiger partial charge in [0.15, 0.2) is 0 Å². The Morgan fingerprint density at radius 2 is 2.23 bits per heavy atom. The minimum Gasteiger partial charge on any atom is -0.299 e. The number of carbonyl (C=O) groups excluding carboxylic acids is 1.